The van der Waals surface area contributed by atoms with Crippen LogP contribution in [0.25, 0.3) is 0 Å². The number of nitrogens with one attached hydrogen (secondary N) is 2. The quantitative estimate of drug-likeness (QED) is 0.400. The van der Waals surface area contributed by atoms with Gasteiger partial charge in [-0.2, -0.15) is 0 Å². The van der Waals surface area contributed by atoms with Crippen molar-refractivity contribution in [2.24, 2.45) is 0 Å². The van der Waals surface area contributed by atoms with Crippen LogP contribution in [0.4, 0.5) is 17.1 Å². The second-order valence-electron chi connectivity index (χ2n) is 6.82. The van der Waals surface area contributed by atoms with Crippen molar-refractivity contribution >= 4 is 44.6 Å². The zero-order valence-electron chi connectivity index (χ0n) is 16.5. The van der Waals surface area contributed by atoms with Gasteiger partial charge >= 0.3 is 0 Å². The molecular weight excluding hydrogens is 442 g/mol. The number of carbonyl (C=O) groups is 1. The Morgan fingerprint density at radius 2 is 1.65 bits per heavy atom. The number of nitro groups is 1. The number of halogens is 1. The lowest BCUT2D eigenvalue weighted by Gasteiger charge is -2.13. The number of nitrogens with zero attached hydrogens (tertiary/aromatic N) is 1. The van der Waals surface area contributed by atoms with Gasteiger partial charge in [0.1, 0.15) is 0 Å². The van der Waals surface area contributed by atoms with Crippen LogP contribution in [-0.4, -0.2) is 19.2 Å². The van der Waals surface area contributed by atoms with Crippen LogP contribution >= 0.6 is 11.6 Å². The lowest BCUT2D eigenvalue weighted by molar-refractivity contribution is -0.384. The Hall–Kier alpha value is -3.43. The maximum Gasteiger partial charge on any atom is 0.271 e. The average Bonchev–Trinajstić information content (AvgIpc) is 2.71. The van der Waals surface area contributed by atoms with Gasteiger partial charge in [0.05, 0.1) is 26.2 Å². The molecule has 0 saturated carbocycles. The van der Waals surface area contributed by atoms with Crippen LogP contribution in [-0.2, 0) is 10.0 Å². The molecule has 31 heavy (non-hydrogen) atoms. The van der Waals surface area contributed by atoms with Gasteiger partial charge in [-0.3, -0.25) is 19.6 Å². The van der Waals surface area contributed by atoms with Crippen LogP contribution in [0, 0.1) is 24.0 Å². The summed E-state index contributed by atoms with van der Waals surface area (Å²) >= 11 is 6.02. The molecule has 10 heteroatoms. The number of nitro benzene ring substituents is 1. The Bertz CT molecular complexity index is 1270. The summed E-state index contributed by atoms with van der Waals surface area (Å²) in [7, 11) is -3.78. The molecule has 3 rings (SSSR count). The molecule has 2 N–H and O–H groups in total. The number of aryl methyl sites for hydroxylation is 2. The first kappa shape index (κ1) is 22.3. The third kappa shape index (κ3) is 5.19. The van der Waals surface area contributed by atoms with E-state index < -0.39 is 20.9 Å². The van der Waals surface area contributed by atoms with E-state index in [1.54, 1.807) is 19.1 Å². The van der Waals surface area contributed by atoms with E-state index in [1.165, 1.54) is 42.5 Å². The van der Waals surface area contributed by atoms with E-state index in [9.17, 15) is 23.3 Å². The molecule has 0 bridgehead atoms. The molecule has 0 atom stereocenters. The first-order valence-electron chi connectivity index (χ1n) is 9.02. The molecular formula is C21H18ClN3O5S. The number of rotatable bonds is 6. The Kier molecular flexibility index (Phi) is 6.28. The zero-order valence-corrected chi connectivity index (χ0v) is 18.1. The average molecular weight is 460 g/mol. The van der Waals surface area contributed by atoms with Gasteiger partial charge in [0, 0.05) is 17.7 Å². The Labute approximate surface area is 184 Å². The van der Waals surface area contributed by atoms with Crippen molar-refractivity contribution in [2.45, 2.75) is 18.7 Å². The number of hydrogen-bond acceptors (Lipinski definition) is 5. The van der Waals surface area contributed by atoms with Gasteiger partial charge in [-0.15, -0.1) is 0 Å². The molecule has 3 aromatic carbocycles. The van der Waals surface area contributed by atoms with E-state index in [2.05, 4.69) is 10.0 Å². The number of sulfonamides is 1. The number of carbonyl (C=O) groups excluding carboxylic acids is 1. The minimum Gasteiger partial charge on any atom is -0.320 e. The molecule has 0 aliphatic carbocycles. The van der Waals surface area contributed by atoms with E-state index >= 15 is 0 Å². The second-order valence-corrected chi connectivity index (χ2v) is 8.91. The van der Waals surface area contributed by atoms with E-state index in [1.807, 2.05) is 6.92 Å². The van der Waals surface area contributed by atoms with Crippen molar-refractivity contribution in [3.63, 3.8) is 0 Å². The summed E-state index contributed by atoms with van der Waals surface area (Å²) in [5, 5.41) is 13.6. The summed E-state index contributed by atoms with van der Waals surface area (Å²) in [4.78, 5) is 23.0. The molecule has 3 aromatic rings. The monoisotopic (exact) mass is 459 g/mol. The third-order valence-corrected chi connectivity index (χ3v) is 6.18. The fraction of sp³-hybridized carbons (Fsp3) is 0.0952. The van der Waals surface area contributed by atoms with Crippen LogP contribution in [0.5, 0.6) is 0 Å². The number of hydrogen-bond donors (Lipinski definition) is 2. The van der Waals surface area contributed by atoms with Crippen LogP contribution in [0.2, 0.25) is 5.02 Å². The molecule has 0 saturated heterocycles. The SMILES string of the molecule is Cc1ccc(S(=O)(=O)Nc2ccc(C(=O)Nc3cc([N+](=O)[O-])ccc3Cl)cc2C)cc1. The Morgan fingerprint density at radius 1 is 0.968 bits per heavy atom. The molecule has 1 amide bonds. The maximum atomic E-state index is 12.6. The molecule has 0 aliphatic heterocycles. The standard InChI is InChI=1S/C21H18ClN3O5S/c1-13-3-7-17(8-4-13)31(29,30)24-19-10-5-15(11-14(19)2)21(26)23-20-12-16(25(27)28)6-9-18(20)22/h3-12,24H,1-2H3,(H,23,26). The lowest BCUT2D eigenvalue weighted by Crippen LogP contribution is -2.15. The number of anilines is 2. The van der Waals surface area contributed by atoms with Gasteiger partial charge in [-0.1, -0.05) is 29.3 Å². The van der Waals surface area contributed by atoms with Crippen molar-refractivity contribution in [1.82, 2.24) is 0 Å². The molecule has 0 radical (unpaired) electrons. The minimum absolute atomic E-state index is 0.0997. The van der Waals surface area contributed by atoms with Crippen molar-refractivity contribution in [3.8, 4) is 0 Å². The predicted molar refractivity (Wildman–Crippen MR) is 119 cm³/mol. The molecule has 8 nitrogen and oxygen atoms in total. The molecule has 0 aliphatic rings. The van der Waals surface area contributed by atoms with E-state index in [0.29, 0.717) is 11.3 Å². The third-order valence-electron chi connectivity index (χ3n) is 4.47. The van der Waals surface area contributed by atoms with Crippen molar-refractivity contribution < 1.29 is 18.1 Å². The molecule has 0 heterocycles. The second kappa shape index (κ2) is 8.75. The minimum atomic E-state index is -3.78. The summed E-state index contributed by atoms with van der Waals surface area (Å²) in [6, 6.07) is 14.6. The van der Waals surface area contributed by atoms with Crippen LogP contribution in [0.3, 0.4) is 0 Å². The van der Waals surface area contributed by atoms with Crippen molar-refractivity contribution in [3.05, 3.63) is 92.5 Å². The van der Waals surface area contributed by atoms with Crippen LogP contribution in [0.1, 0.15) is 21.5 Å². The summed E-state index contributed by atoms with van der Waals surface area (Å²) in [5.41, 5.74) is 1.91. The maximum absolute atomic E-state index is 12.6. The van der Waals surface area contributed by atoms with Crippen LogP contribution in [0.15, 0.2) is 65.6 Å². The topological polar surface area (TPSA) is 118 Å². The highest BCUT2D eigenvalue weighted by Crippen LogP contribution is 2.28. The first-order valence-corrected chi connectivity index (χ1v) is 10.9. The van der Waals surface area contributed by atoms with E-state index in [4.69, 9.17) is 11.6 Å². The van der Waals surface area contributed by atoms with E-state index in [-0.39, 0.29) is 26.9 Å². The first-order chi connectivity index (χ1) is 14.6. The van der Waals surface area contributed by atoms with Gasteiger partial charge in [-0.05, 0) is 55.8 Å². The molecule has 0 spiro atoms. The summed E-state index contributed by atoms with van der Waals surface area (Å²) in [5.74, 6) is -0.543. The zero-order chi connectivity index (χ0) is 22.8. The number of amides is 1. The van der Waals surface area contributed by atoms with Crippen molar-refractivity contribution in [1.29, 1.82) is 0 Å². The Morgan fingerprint density at radius 3 is 2.26 bits per heavy atom. The largest absolute Gasteiger partial charge is 0.320 e. The molecule has 0 fully saturated rings. The predicted octanol–water partition coefficient (Wildman–Crippen LogP) is 4.92. The smallest absolute Gasteiger partial charge is 0.271 e. The van der Waals surface area contributed by atoms with E-state index in [0.717, 1.165) is 11.6 Å². The van der Waals surface area contributed by atoms with Crippen molar-refractivity contribution in [2.75, 3.05) is 10.0 Å². The summed E-state index contributed by atoms with van der Waals surface area (Å²) in [6.45, 7) is 3.52. The number of non-ortho nitro benzene ring substituents is 1. The van der Waals surface area contributed by atoms with Gasteiger partial charge in [0.25, 0.3) is 21.6 Å². The Balaban J connectivity index is 1.80. The normalized spacial score (nSPS) is 11.1. The molecule has 160 valence electrons. The summed E-state index contributed by atoms with van der Waals surface area (Å²) in [6.07, 6.45) is 0. The highest BCUT2D eigenvalue weighted by atomic mass is 35.5. The fourth-order valence-electron chi connectivity index (χ4n) is 2.76. The van der Waals surface area contributed by atoms with Gasteiger partial charge in [0.15, 0.2) is 0 Å². The van der Waals surface area contributed by atoms with Gasteiger partial charge < -0.3 is 5.32 Å². The lowest BCUT2D eigenvalue weighted by atomic mass is 10.1. The van der Waals surface area contributed by atoms with Gasteiger partial charge in [0.2, 0.25) is 0 Å². The highest BCUT2D eigenvalue weighted by molar-refractivity contribution is 7.92. The number of benzene rings is 3. The highest BCUT2D eigenvalue weighted by Gasteiger charge is 2.17. The fourth-order valence-corrected chi connectivity index (χ4v) is 4.05. The summed E-state index contributed by atoms with van der Waals surface area (Å²) < 4.78 is 27.7. The molecule has 0 aromatic heterocycles. The molecule has 0 unspecified atom stereocenters. The van der Waals surface area contributed by atoms with Crippen LogP contribution < -0.4 is 10.0 Å². The van der Waals surface area contributed by atoms with Gasteiger partial charge in [-0.25, -0.2) is 8.42 Å².